The van der Waals surface area contributed by atoms with Gasteiger partial charge in [0.1, 0.15) is 23.3 Å². The summed E-state index contributed by atoms with van der Waals surface area (Å²) < 4.78 is 37.4. The monoisotopic (exact) mass is 503 g/mol. The van der Waals surface area contributed by atoms with Crippen LogP contribution in [0.4, 0.5) is 41.1 Å². The van der Waals surface area contributed by atoms with Crippen LogP contribution in [0.2, 0.25) is 0 Å². The number of nitrogens with zero attached hydrogens (tertiary/aromatic N) is 5. The first-order chi connectivity index (χ1) is 16.6. The topological polar surface area (TPSA) is 86.3 Å². The molecule has 12 heteroatoms. The van der Waals surface area contributed by atoms with Crippen molar-refractivity contribution < 1.29 is 18.0 Å². The van der Waals surface area contributed by atoms with Gasteiger partial charge in [-0.25, -0.2) is 19.7 Å². The summed E-state index contributed by atoms with van der Waals surface area (Å²) in [6.45, 7) is 5.90. The van der Waals surface area contributed by atoms with Gasteiger partial charge >= 0.3 is 11.5 Å². The molecule has 8 nitrogen and oxygen atoms in total. The lowest BCUT2D eigenvalue weighted by Crippen LogP contribution is -2.50. The highest BCUT2D eigenvalue weighted by Gasteiger charge is 2.29. The zero-order valence-electron chi connectivity index (χ0n) is 19.1. The first kappa shape index (κ1) is 24.6. The van der Waals surface area contributed by atoms with Gasteiger partial charge in [0, 0.05) is 49.0 Å². The summed E-state index contributed by atoms with van der Waals surface area (Å²) in [5.74, 6) is 2.70. The lowest BCUT2D eigenvalue weighted by molar-refractivity contribution is -0.0328. The van der Waals surface area contributed by atoms with Crippen LogP contribution >= 0.6 is 11.8 Å². The maximum absolute atomic E-state index is 12.6. The molecule has 35 heavy (non-hydrogen) atoms. The number of carbonyl (C=O) groups excluding carboxylic acids is 1. The Morgan fingerprint density at radius 2 is 1.69 bits per heavy atom. The Bertz CT molecular complexity index is 1180. The van der Waals surface area contributed by atoms with E-state index < -0.39 is 5.51 Å². The van der Waals surface area contributed by atoms with Gasteiger partial charge < -0.3 is 20.4 Å². The first-order valence-electron chi connectivity index (χ1n) is 10.9. The number of aromatic nitrogens is 3. The van der Waals surface area contributed by atoms with Gasteiger partial charge in [0.15, 0.2) is 0 Å². The van der Waals surface area contributed by atoms with Crippen molar-refractivity contribution in [1.29, 1.82) is 0 Å². The number of carbonyl (C=O) groups is 1. The molecule has 1 fully saturated rings. The lowest BCUT2D eigenvalue weighted by atomic mass is 10.3. The molecule has 1 saturated heterocycles. The van der Waals surface area contributed by atoms with E-state index in [9.17, 15) is 18.0 Å². The van der Waals surface area contributed by atoms with Crippen molar-refractivity contribution in [2.24, 2.45) is 0 Å². The number of urea groups is 1. The number of alkyl halides is 3. The van der Waals surface area contributed by atoms with E-state index in [2.05, 4.69) is 30.5 Å². The second-order valence-corrected chi connectivity index (χ2v) is 9.12. The van der Waals surface area contributed by atoms with Crippen LogP contribution in [0, 0.1) is 13.8 Å². The second-order valence-electron chi connectivity index (χ2n) is 7.98. The van der Waals surface area contributed by atoms with Crippen LogP contribution in [0.5, 0.6) is 0 Å². The first-order valence-corrected chi connectivity index (χ1v) is 11.7. The van der Waals surface area contributed by atoms with Crippen LogP contribution in [0.15, 0.2) is 53.6 Å². The third kappa shape index (κ3) is 6.98. The molecule has 0 aliphatic carbocycles. The molecular weight excluding hydrogens is 479 g/mol. The fraction of sp³-hybridized carbons (Fsp3) is 0.304. The summed E-state index contributed by atoms with van der Waals surface area (Å²) in [4.78, 5) is 29.7. The highest BCUT2D eigenvalue weighted by Crippen LogP contribution is 2.37. The van der Waals surface area contributed by atoms with Crippen molar-refractivity contribution in [2.45, 2.75) is 24.3 Å². The molecule has 0 spiro atoms. The SMILES string of the molecule is Cc1ccnc(Nc2cc(N3CCN(C(=O)Nc4ccc(SC(F)(F)F)cc4)CC3)nc(C)n2)c1. The maximum Gasteiger partial charge on any atom is 0.446 e. The number of aryl methyl sites for hydroxylation is 2. The van der Waals surface area contributed by atoms with Crippen LogP contribution in [-0.4, -0.2) is 57.6 Å². The van der Waals surface area contributed by atoms with Crippen LogP contribution in [0.1, 0.15) is 11.4 Å². The number of anilines is 4. The van der Waals surface area contributed by atoms with Gasteiger partial charge in [0.05, 0.1) is 0 Å². The van der Waals surface area contributed by atoms with E-state index >= 15 is 0 Å². The van der Waals surface area contributed by atoms with Crippen LogP contribution in [-0.2, 0) is 0 Å². The standard InChI is InChI=1S/C23H24F3N7OS/c1-15-7-8-27-19(13-15)31-20-14-21(29-16(2)28-20)32-9-11-33(12-10-32)22(34)30-17-3-5-18(6-4-17)35-23(24,25)26/h3-8,13-14H,9-12H2,1-2H3,(H,30,34)(H,27,28,29,31). The third-order valence-corrected chi connectivity index (χ3v) is 5.97. The average molecular weight is 504 g/mol. The third-order valence-electron chi connectivity index (χ3n) is 5.23. The predicted octanol–water partition coefficient (Wildman–Crippen LogP) is 5.20. The smallest absolute Gasteiger partial charge is 0.353 e. The zero-order chi connectivity index (χ0) is 25.0. The number of rotatable bonds is 5. The van der Waals surface area contributed by atoms with E-state index in [4.69, 9.17) is 0 Å². The van der Waals surface area contributed by atoms with E-state index in [-0.39, 0.29) is 22.7 Å². The number of hydrogen-bond donors (Lipinski definition) is 2. The summed E-state index contributed by atoms with van der Waals surface area (Å²) in [5, 5.41) is 5.95. The van der Waals surface area contributed by atoms with Gasteiger partial charge in [-0.3, -0.25) is 0 Å². The molecule has 0 atom stereocenters. The van der Waals surface area contributed by atoms with Gasteiger partial charge in [-0.2, -0.15) is 13.2 Å². The molecular formula is C23H24F3N7OS. The van der Waals surface area contributed by atoms with Gasteiger partial charge in [-0.15, -0.1) is 0 Å². The fourth-order valence-corrected chi connectivity index (χ4v) is 4.13. The van der Waals surface area contributed by atoms with E-state index in [1.807, 2.05) is 32.0 Å². The number of thioether (sulfide) groups is 1. The van der Waals surface area contributed by atoms with Crippen molar-refractivity contribution in [1.82, 2.24) is 19.9 Å². The van der Waals surface area contributed by atoms with Crippen molar-refractivity contribution in [3.05, 3.63) is 60.0 Å². The van der Waals surface area contributed by atoms with Crippen LogP contribution < -0.4 is 15.5 Å². The van der Waals surface area contributed by atoms with Crippen molar-refractivity contribution in [2.75, 3.05) is 41.7 Å². The van der Waals surface area contributed by atoms with E-state index in [1.165, 1.54) is 24.3 Å². The molecule has 0 bridgehead atoms. The fourth-order valence-electron chi connectivity index (χ4n) is 3.59. The molecule has 0 unspecified atom stereocenters. The van der Waals surface area contributed by atoms with Gasteiger partial charge in [-0.1, -0.05) is 0 Å². The van der Waals surface area contributed by atoms with Crippen LogP contribution in [0.3, 0.4) is 0 Å². The quantitative estimate of drug-likeness (QED) is 0.463. The number of benzene rings is 1. The second kappa shape index (κ2) is 10.4. The Balaban J connectivity index is 1.33. The predicted molar refractivity (Wildman–Crippen MR) is 130 cm³/mol. The molecule has 3 heterocycles. The Kier molecular flexibility index (Phi) is 7.29. The summed E-state index contributed by atoms with van der Waals surface area (Å²) >= 11 is -0.190. The largest absolute Gasteiger partial charge is 0.446 e. The van der Waals surface area contributed by atoms with Crippen molar-refractivity contribution >= 4 is 40.9 Å². The number of piperazine rings is 1. The Morgan fingerprint density at radius 3 is 2.34 bits per heavy atom. The van der Waals surface area contributed by atoms with Crippen LogP contribution in [0.25, 0.3) is 0 Å². The van der Waals surface area contributed by atoms with Gasteiger partial charge in [-0.05, 0) is 67.6 Å². The molecule has 0 saturated carbocycles. The van der Waals surface area contributed by atoms with Gasteiger partial charge in [0.25, 0.3) is 0 Å². The summed E-state index contributed by atoms with van der Waals surface area (Å²) in [6.07, 6.45) is 1.73. The summed E-state index contributed by atoms with van der Waals surface area (Å²) in [7, 11) is 0. The van der Waals surface area contributed by atoms with E-state index in [0.29, 0.717) is 49.3 Å². The average Bonchev–Trinajstić information content (AvgIpc) is 2.79. The molecule has 1 aromatic carbocycles. The van der Waals surface area contributed by atoms with E-state index in [0.717, 1.165) is 11.4 Å². The molecule has 2 aromatic heterocycles. The lowest BCUT2D eigenvalue weighted by Gasteiger charge is -2.35. The number of halogens is 3. The minimum atomic E-state index is -4.35. The number of pyridine rings is 1. The Morgan fingerprint density at radius 1 is 0.971 bits per heavy atom. The molecule has 1 aliphatic rings. The molecule has 0 radical (unpaired) electrons. The highest BCUT2D eigenvalue weighted by molar-refractivity contribution is 8.00. The molecule has 184 valence electrons. The molecule has 2 N–H and O–H groups in total. The molecule has 1 aliphatic heterocycles. The number of hydrogen-bond acceptors (Lipinski definition) is 7. The minimum absolute atomic E-state index is 0.0660. The van der Waals surface area contributed by atoms with Crippen molar-refractivity contribution in [3.8, 4) is 0 Å². The molecule has 4 rings (SSSR count). The molecule has 3 aromatic rings. The normalized spacial score (nSPS) is 14.1. The summed E-state index contributed by atoms with van der Waals surface area (Å²) in [6, 6.07) is 11.0. The molecule has 2 amide bonds. The number of amides is 2. The Labute approximate surface area is 205 Å². The van der Waals surface area contributed by atoms with Gasteiger partial charge in [0.2, 0.25) is 0 Å². The Hall–Kier alpha value is -3.54. The highest BCUT2D eigenvalue weighted by atomic mass is 32.2. The van der Waals surface area contributed by atoms with Crippen molar-refractivity contribution in [3.63, 3.8) is 0 Å². The summed E-state index contributed by atoms with van der Waals surface area (Å²) in [5.41, 5.74) is -2.82. The maximum atomic E-state index is 12.6. The minimum Gasteiger partial charge on any atom is -0.353 e. The number of nitrogens with one attached hydrogen (secondary N) is 2. The van der Waals surface area contributed by atoms with E-state index in [1.54, 1.807) is 11.1 Å². The zero-order valence-corrected chi connectivity index (χ0v) is 20.0.